The lowest BCUT2D eigenvalue weighted by atomic mass is 10.2. The molecule has 1 aromatic heterocycles. The van der Waals surface area contributed by atoms with Crippen molar-refractivity contribution in [1.82, 2.24) is 9.55 Å². The van der Waals surface area contributed by atoms with Crippen molar-refractivity contribution in [2.75, 3.05) is 11.9 Å². The normalized spacial score (nSPS) is 14.3. The zero-order valence-corrected chi connectivity index (χ0v) is 12.4. The van der Waals surface area contributed by atoms with E-state index in [1.54, 1.807) is 31.2 Å². The zero-order chi connectivity index (χ0) is 15.0. The van der Waals surface area contributed by atoms with Gasteiger partial charge in [0, 0.05) is 13.1 Å². The number of hydrogen-bond acceptors (Lipinski definition) is 5. The van der Waals surface area contributed by atoms with E-state index in [9.17, 15) is 13.2 Å². The molecule has 0 atom stereocenters. The Morgan fingerprint density at radius 2 is 2.00 bits per heavy atom. The maximum absolute atomic E-state index is 12.8. The average Bonchev–Trinajstić information content (AvgIpc) is 2.48. The topological polar surface area (TPSA) is 81.1 Å². The third-order valence-corrected chi connectivity index (χ3v) is 5.46. The van der Waals surface area contributed by atoms with E-state index in [1.165, 1.54) is 4.57 Å². The monoisotopic (exact) mass is 305 g/mol. The van der Waals surface area contributed by atoms with E-state index in [-0.39, 0.29) is 9.79 Å². The minimum atomic E-state index is -3.71. The molecule has 0 unspecified atom stereocenters. The van der Waals surface area contributed by atoms with Crippen LogP contribution in [0.2, 0.25) is 0 Å². The highest BCUT2D eigenvalue weighted by Crippen LogP contribution is 2.29. The molecule has 2 aromatic rings. The van der Waals surface area contributed by atoms with Crippen molar-refractivity contribution in [2.45, 2.75) is 29.7 Å². The molecule has 7 heteroatoms. The molecule has 0 amide bonds. The summed E-state index contributed by atoms with van der Waals surface area (Å²) in [5, 5.41) is 3.01. The molecule has 2 heterocycles. The molecular weight excluding hydrogens is 290 g/mol. The van der Waals surface area contributed by atoms with Gasteiger partial charge in [0.1, 0.15) is 10.7 Å². The fraction of sp³-hybridized carbons (Fsp3) is 0.286. The van der Waals surface area contributed by atoms with Crippen molar-refractivity contribution in [2.24, 2.45) is 0 Å². The van der Waals surface area contributed by atoms with Crippen LogP contribution in [0.25, 0.3) is 0 Å². The molecule has 1 aliphatic heterocycles. The van der Waals surface area contributed by atoms with Crippen LogP contribution in [0, 0.1) is 6.92 Å². The van der Waals surface area contributed by atoms with Gasteiger partial charge in [0.25, 0.3) is 0 Å². The van der Waals surface area contributed by atoms with Gasteiger partial charge < -0.3 is 5.32 Å². The Bertz CT molecular complexity index is 856. The number of hydrogen-bond donors (Lipinski definition) is 1. The lowest BCUT2D eigenvalue weighted by Gasteiger charge is -2.22. The van der Waals surface area contributed by atoms with Gasteiger partial charge >= 0.3 is 5.69 Å². The number of anilines is 1. The van der Waals surface area contributed by atoms with Crippen molar-refractivity contribution in [1.29, 1.82) is 0 Å². The molecule has 0 fully saturated rings. The molecule has 0 saturated carbocycles. The van der Waals surface area contributed by atoms with Gasteiger partial charge in [-0.15, -0.1) is 0 Å². The van der Waals surface area contributed by atoms with Crippen LogP contribution in [0.1, 0.15) is 12.0 Å². The van der Waals surface area contributed by atoms with E-state index in [4.69, 9.17) is 0 Å². The minimum Gasteiger partial charge on any atom is -0.370 e. The molecule has 1 aromatic carbocycles. The molecular formula is C14H15N3O3S. The van der Waals surface area contributed by atoms with Crippen molar-refractivity contribution in [3.05, 3.63) is 46.5 Å². The van der Waals surface area contributed by atoms with Gasteiger partial charge in [-0.2, -0.15) is 0 Å². The zero-order valence-electron chi connectivity index (χ0n) is 11.5. The van der Waals surface area contributed by atoms with Crippen LogP contribution in [0.3, 0.4) is 0 Å². The van der Waals surface area contributed by atoms with E-state index in [0.717, 1.165) is 12.6 Å². The molecule has 3 rings (SSSR count). The quantitative estimate of drug-likeness (QED) is 0.901. The summed E-state index contributed by atoms with van der Waals surface area (Å²) in [5.41, 5.74) is 0.235. The van der Waals surface area contributed by atoms with Gasteiger partial charge in [-0.25, -0.2) is 18.2 Å². The standard InChI is InChI=1S/C14H15N3O3S/c1-10-5-2-3-6-11(10)21(19,20)12-9-16-14(18)17-8-4-7-15-13(12)17/h2-3,5-6,9,15H,4,7-8H2,1H3. The van der Waals surface area contributed by atoms with Gasteiger partial charge in [0.15, 0.2) is 0 Å². The first-order chi connectivity index (χ1) is 10.0. The molecule has 0 radical (unpaired) electrons. The summed E-state index contributed by atoms with van der Waals surface area (Å²) < 4.78 is 27.1. The van der Waals surface area contributed by atoms with Gasteiger partial charge in [-0.3, -0.25) is 4.57 Å². The second-order valence-corrected chi connectivity index (χ2v) is 6.84. The summed E-state index contributed by atoms with van der Waals surface area (Å²) in [4.78, 5) is 15.8. The molecule has 1 N–H and O–H groups in total. The number of nitrogens with zero attached hydrogens (tertiary/aromatic N) is 2. The summed E-state index contributed by atoms with van der Waals surface area (Å²) >= 11 is 0. The largest absolute Gasteiger partial charge is 0.370 e. The van der Waals surface area contributed by atoms with Crippen molar-refractivity contribution in [3.63, 3.8) is 0 Å². The number of fused-ring (bicyclic) bond motifs is 1. The highest BCUT2D eigenvalue weighted by atomic mass is 32.2. The number of aryl methyl sites for hydroxylation is 1. The van der Waals surface area contributed by atoms with Gasteiger partial charge in [-0.1, -0.05) is 18.2 Å². The minimum absolute atomic E-state index is 0.0519. The molecule has 1 aliphatic rings. The fourth-order valence-corrected chi connectivity index (χ4v) is 4.10. The smallest absolute Gasteiger partial charge is 0.349 e. The van der Waals surface area contributed by atoms with Crippen LogP contribution in [0.5, 0.6) is 0 Å². The Morgan fingerprint density at radius 1 is 1.24 bits per heavy atom. The van der Waals surface area contributed by atoms with Gasteiger partial charge in [-0.05, 0) is 25.0 Å². The van der Waals surface area contributed by atoms with E-state index in [1.807, 2.05) is 0 Å². The van der Waals surface area contributed by atoms with Crippen molar-refractivity contribution in [3.8, 4) is 0 Å². The number of aromatic nitrogens is 2. The van der Waals surface area contributed by atoms with E-state index in [0.29, 0.717) is 24.5 Å². The lowest BCUT2D eigenvalue weighted by molar-refractivity contribution is 0.570. The number of rotatable bonds is 2. The van der Waals surface area contributed by atoms with Crippen LogP contribution >= 0.6 is 0 Å². The molecule has 0 spiro atoms. The van der Waals surface area contributed by atoms with Crippen molar-refractivity contribution >= 4 is 15.7 Å². The first-order valence-corrected chi connectivity index (χ1v) is 8.14. The van der Waals surface area contributed by atoms with E-state index >= 15 is 0 Å². The first-order valence-electron chi connectivity index (χ1n) is 6.66. The highest BCUT2D eigenvalue weighted by molar-refractivity contribution is 7.91. The van der Waals surface area contributed by atoms with Crippen LogP contribution < -0.4 is 11.0 Å². The molecule has 0 bridgehead atoms. The van der Waals surface area contributed by atoms with Crippen LogP contribution in [-0.4, -0.2) is 24.5 Å². The van der Waals surface area contributed by atoms with Gasteiger partial charge in [0.2, 0.25) is 9.84 Å². The summed E-state index contributed by atoms with van der Waals surface area (Å²) in [7, 11) is -3.71. The molecule has 6 nitrogen and oxygen atoms in total. The lowest BCUT2D eigenvalue weighted by Crippen LogP contribution is -2.32. The average molecular weight is 305 g/mol. The Kier molecular flexibility index (Phi) is 3.29. The SMILES string of the molecule is Cc1ccccc1S(=O)(=O)c1cnc(=O)n2c1NCCC2. The molecule has 0 saturated heterocycles. The number of benzene rings is 1. The van der Waals surface area contributed by atoms with Crippen LogP contribution in [-0.2, 0) is 16.4 Å². The predicted molar refractivity (Wildman–Crippen MR) is 78.2 cm³/mol. The second-order valence-electron chi connectivity index (χ2n) is 4.95. The third-order valence-electron chi connectivity index (χ3n) is 3.55. The fourth-order valence-electron chi connectivity index (χ4n) is 2.48. The maximum atomic E-state index is 12.8. The Balaban J connectivity index is 2.26. The summed E-state index contributed by atoms with van der Waals surface area (Å²) in [6.45, 7) is 2.86. The predicted octanol–water partition coefficient (Wildman–Crippen LogP) is 1.20. The third kappa shape index (κ3) is 2.23. The number of nitrogens with one attached hydrogen (secondary N) is 1. The second kappa shape index (κ2) is 5.00. The number of sulfone groups is 1. The Labute approximate surface area is 122 Å². The summed E-state index contributed by atoms with van der Waals surface area (Å²) in [6, 6.07) is 6.78. The van der Waals surface area contributed by atoms with Crippen molar-refractivity contribution < 1.29 is 8.42 Å². The van der Waals surface area contributed by atoms with E-state index in [2.05, 4.69) is 10.3 Å². The molecule has 110 valence electrons. The highest BCUT2D eigenvalue weighted by Gasteiger charge is 2.27. The van der Waals surface area contributed by atoms with Crippen LogP contribution in [0.15, 0.2) is 45.0 Å². The Hall–Kier alpha value is -2.15. The van der Waals surface area contributed by atoms with E-state index < -0.39 is 15.5 Å². The molecule has 0 aliphatic carbocycles. The first kappa shape index (κ1) is 13.8. The van der Waals surface area contributed by atoms with Gasteiger partial charge in [0.05, 0.1) is 11.1 Å². The summed E-state index contributed by atoms with van der Waals surface area (Å²) in [6.07, 6.45) is 1.91. The maximum Gasteiger partial charge on any atom is 0.349 e. The Morgan fingerprint density at radius 3 is 2.76 bits per heavy atom. The summed E-state index contributed by atoms with van der Waals surface area (Å²) in [5.74, 6) is 0.338. The van der Waals surface area contributed by atoms with Crippen LogP contribution in [0.4, 0.5) is 5.82 Å². The molecule has 21 heavy (non-hydrogen) atoms.